The third kappa shape index (κ3) is 4.07. The van der Waals surface area contributed by atoms with Gasteiger partial charge in [-0.2, -0.15) is 0 Å². The van der Waals surface area contributed by atoms with Crippen LogP contribution in [0, 0.1) is 17.7 Å². The Labute approximate surface area is 165 Å². The van der Waals surface area contributed by atoms with Crippen LogP contribution in [-0.4, -0.2) is 53.2 Å². The number of benzene rings is 1. The van der Waals surface area contributed by atoms with Crippen molar-refractivity contribution in [3.63, 3.8) is 0 Å². The van der Waals surface area contributed by atoms with Crippen molar-refractivity contribution in [3.8, 4) is 0 Å². The van der Waals surface area contributed by atoms with E-state index in [1.807, 2.05) is 0 Å². The molecule has 1 aromatic rings. The van der Waals surface area contributed by atoms with Crippen LogP contribution >= 0.6 is 0 Å². The first kappa shape index (κ1) is 21.2. The Balaban J connectivity index is 1.82. The number of hydrogen-bond acceptors (Lipinski definition) is 5. The topological polar surface area (TPSA) is 80.8 Å². The molecule has 1 aromatic carbocycles. The van der Waals surface area contributed by atoms with Gasteiger partial charge in [-0.3, -0.25) is 0 Å². The minimum atomic E-state index is -3.86. The first-order valence-corrected chi connectivity index (χ1v) is 12.2. The van der Waals surface area contributed by atoms with Crippen LogP contribution < -0.4 is 0 Å². The second-order valence-electron chi connectivity index (χ2n) is 6.97. The maximum absolute atomic E-state index is 13.5. The van der Waals surface area contributed by atoms with Gasteiger partial charge in [-0.1, -0.05) is 12.1 Å². The third-order valence-electron chi connectivity index (χ3n) is 5.37. The summed E-state index contributed by atoms with van der Waals surface area (Å²) in [6.07, 6.45) is 5.00. The standard InChI is InChI=1S/C19H24FNO5S2/c1-3-27(22,23)21-10-9-14(13-21)18-8-7-17(12-19(18)26-2)28(24,25)16-6-4-5-15(20)11-16/h4-8,11-12,14,18-19H,3,9-10,13H2,1-2H3/t14-,18?,19?/m1/s1. The van der Waals surface area contributed by atoms with Gasteiger partial charge in [0.2, 0.25) is 19.9 Å². The van der Waals surface area contributed by atoms with E-state index < -0.39 is 31.8 Å². The molecule has 154 valence electrons. The molecule has 1 saturated heterocycles. The molecule has 1 aliphatic heterocycles. The second-order valence-corrected chi connectivity index (χ2v) is 11.2. The summed E-state index contributed by atoms with van der Waals surface area (Å²) in [5, 5.41) is 0. The summed E-state index contributed by atoms with van der Waals surface area (Å²) in [6, 6.07) is 4.88. The molecule has 0 amide bonds. The van der Waals surface area contributed by atoms with E-state index >= 15 is 0 Å². The molecule has 28 heavy (non-hydrogen) atoms. The number of rotatable bonds is 6. The molecule has 2 unspecified atom stereocenters. The molecule has 0 aromatic heterocycles. The van der Waals surface area contributed by atoms with Gasteiger partial charge in [-0.15, -0.1) is 0 Å². The molecule has 1 heterocycles. The predicted molar refractivity (Wildman–Crippen MR) is 104 cm³/mol. The Kier molecular flexibility index (Phi) is 6.09. The molecule has 1 aliphatic carbocycles. The zero-order chi connectivity index (χ0) is 20.5. The lowest BCUT2D eigenvalue weighted by atomic mass is 9.84. The lowest BCUT2D eigenvalue weighted by Gasteiger charge is -2.29. The van der Waals surface area contributed by atoms with Crippen LogP contribution in [0.5, 0.6) is 0 Å². The fourth-order valence-electron chi connectivity index (χ4n) is 3.75. The molecule has 0 bridgehead atoms. The molecule has 9 heteroatoms. The normalized spacial score (nSPS) is 26.4. The molecule has 6 nitrogen and oxygen atoms in total. The van der Waals surface area contributed by atoms with Gasteiger partial charge in [0.05, 0.1) is 21.7 Å². The van der Waals surface area contributed by atoms with E-state index in [2.05, 4.69) is 0 Å². The van der Waals surface area contributed by atoms with Crippen LogP contribution in [0.15, 0.2) is 52.3 Å². The van der Waals surface area contributed by atoms with E-state index in [0.29, 0.717) is 19.5 Å². The van der Waals surface area contributed by atoms with Gasteiger partial charge in [0.1, 0.15) is 5.82 Å². The molecule has 3 rings (SSSR count). The minimum absolute atomic E-state index is 0.0391. The second kappa shape index (κ2) is 8.06. The van der Waals surface area contributed by atoms with E-state index in [9.17, 15) is 21.2 Å². The van der Waals surface area contributed by atoms with E-state index in [-0.39, 0.29) is 27.4 Å². The summed E-state index contributed by atoms with van der Waals surface area (Å²) >= 11 is 0. The summed E-state index contributed by atoms with van der Waals surface area (Å²) in [4.78, 5) is -0.0602. The molecule has 2 aliphatic rings. The average molecular weight is 430 g/mol. The number of sulfone groups is 1. The summed E-state index contributed by atoms with van der Waals surface area (Å²) in [7, 11) is -5.62. The van der Waals surface area contributed by atoms with E-state index in [1.54, 1.807) is 13.0 Å². The van der Waals surface area contributed by atoms with Crippen molar-refractivity contribution in [2.45, 2.75) is 24.3 Å². The molecular weight excluding hydrogens is 405 g/mol. The highest BCUT2D eigenvalue weighted by molar-refractivity contribution is 7.95. The lowest BCUT2D eigenvalue weighted by Crippen LogP contribution is -2.34. The van der Waals surface area contributed by atoms with Crippen LogP contribution in [0.2, 0.25) is 0 Å². The van der Waals surface area contributed by atoms with Crippen molar-refractivity contribution in [1.29, 1.82) is 0 Å². The van der Waals surface area contributed by atoms with E-state index in [4.69, 9.17) is 4.74 Å². The van der Waals surface area contributed by atoms with Gasteiger partial charge in [0.25, 0.3) is 0 Å². The van der Waals surface area contributed by atoms with Gasteiger partial charge in [0, 0.05) is 26.1 Å². The monoisotopic (exact) mass is 429 g/mol. The SMILES string of the molecule is CCS(=O)(=O)N1CC[C@@H](C2C=CC(S(=O)(=O)c3cccc(F)c3)=CC2OC)C1. The maximum Gasteiger partial charge on any atom is 0.213 e. The maximum atomic E-state index is 13.5. The summed E-state index contributed by atoms with van der Waals surface area (Å²) < 4.78 is 70.3. The Morgan fingerprint density at radius 3 is 2.64 bits per heavy atom. The Bertz CT molecular complexity index is 1000. The first-order valence-electron chi connectivity index (χ1n) is 9.10. The highest BCUT2D eigenvalue weighted by Gasteiger charge is 2.38. The quantitative estimate of drug-likeness (QED) is 0.694. The summed E-state index contributed by atoms with van der Waals surface area (Å²) in [6.45, 7) is 2.47. The zero-order valence-electron chi connectivity index (χ0n) is 15.8. The lowest BCUT2D eigenvalue weighted by molar-refractivity contribution is 0.0837. The highest BCUT2D eigenvalue weighted by Crippen LogP contribution is 2.35. The average Bonchev–Trinajstić information content (AvgIpc) is 3.18. The van der Waals surface area contributed by atoms with Crippen molar-refractivity contribution < 1.29 is 26.0 Å². The van der Waals surface area contributed by atoms with Crippen LogP contribution in [0.3, 0.4) is 0 Å². The molecule has 0 spiro atoms. The molecule has 0 saturated carbocycles. The van der Waals surface area contributed by atoms with Gasteiger partial charge in [-0.25, -0.2) is 25.5 Å². The number of allylic oxidation sites excluding steroid dienone is 1. The Morgan fingerprint density at radius 1 is 1.25 bits per heavy atom. The van der Waals surface area contributed by atoms with Crippen molar-refractivity contribution in [3.05, 3.63) is 53.2 Å². The molecule has 1 fully saturated rings. The molecular formula is C19H24FNO5S2. The van der Waals surface area contributed by atoms with Crippen LogP contribution in [0.1, 0.15) is 13.3 Å². The Hall–Kier alpha value is -1.55. The number of halogens is 1. The zero-order valence-corrected chi connectivity index (χ0v) is 17.4. The van der Waals surface area contributed by atoms with E-state index in [0.717, 1.165) is 6.07 Å². The van der Waals surface area contributed by atoms with Gasteiger partial charge < -0.3 is 4.74 Å². The van der Waals surface area contributed by atoms with Crippen molar-refractivity contribution in [2.24, 2.45) is 11.8 Å². The van der Waals surface area contributed by atoms with Gasteiger partial charge in [0.15, 0.2) is 0 Å². The smallest absolute Gasteiger partial charge is 0.213 e. The minimum Gasteiger partial charge on any atom is -0.377 e. The third-order valence-corrected chi connectivity index (χ3v) is 8.98. The summed E-state index contributed by atoms with van der Waals surface area (Å²) in [5.41, 5.74) is 0. The van der Waals surface area contributed by atoms with E-state index in [1.165, 1.54) is 41.8 Å². The summed E-state index contributed by atoms with van der Waals surface area (Å²) in [5.74, 6) is -0.652. The van der Waals surface area contributed by atoms with Crippen LogP contribution in [-0.2, 0) is 24.6 Å². The van der Waals surface area contributed by atoms with Gasteiger partial charge >= 0.3 is 0 Å². The van der Waals surface area contributed by atoms with Crippen molar-refractivity contribution >= 4 is 19.9 Å². The number of methoxy groups -OCH3 is 1. The first-order chi connectivity index (χ1) is 13.2. The number of sulfonamides is 1. The van der Waals surface area contributed by atoms with Gasteiger partial charge in [-0.05, 0) is 49.6 Å². The largest absolute Gasteiger partial charge is 0.377 e. The van der Waals surface area contributed by atoms with Crippen molar-refractivity contribution in [2.75, 3.05) is 26.0 Å². The molecule has 0 N–H and O–H groups in total. The Morgan fingerprint density at radius 2 is 2.00 bits per heavy atom. The number of hydrogen-bond donors (Lipinski definition) is 0. The fraction of sp³-hybridized carbons (Fsp3) is 0.474. The van der Waals surface area contributed by atoms with Crippen LogP contribution in [0.25, 0.3) is 0 Å². The fourth-order valence-corrected chi connectivity index (χ4v) is 6.28. The molecule has 0 radical (unpaired) electrons. The number of nitrogens with zero attached hydrogens (tertiary/aromatic N) is 1. The number of ether oxygens (including phenoxy) is 1. The molecule has 3 atom stereocenters. The predicted octanol–water partition coefficient (Wildman–Crippen LogP) is 2.36. The van der Waals surface area contributed by atoms with Crippen LogP contribution in [0.4, 0.5) is 4.39 Å². The van der Waals surface area contributed by atoms with Crippen molar-refractivity contribution in [1.82, 2.24) is 4.31 Å². The highest BCUT2D eigenvalue weighted by atomic mass is 32.2.